The quantitative estimate of drug-likeness (QED) is 0.847. The Morgan fingerprint density at radius 3 is 2.47 bits per heavy atom. The smallest absolute Gasteiger partial charge is 0.328 e. The number of hydrogen-bond acceptors (Lipinski definition) is 3. The Labute approximate surface area is 114 Å². The third-order valence-corrected chi connectivity index (χ3v) is 3.38. The summed E-state index contributed by atoms with van der Waals surface area (Å²) >= 11 is 0. The van der Waals surface area contributed by atoms with Crippen LogP contribution in [-0.2, 0) is 4.79 Å². The molecule has 1 rings (SSSR count). The first kappa shape index (κ1) is 15.2. The van der Waals surface area contributed by atoms with Gasteiger partial charge in [-0.2, -0.15) is 0 Å². The van der Waals surface area contributed by atoms with Gasteiger partial charge in [0, 0.05) is 25.4 Å². The van der Waals surface area contributed by atoms with E-state index in [1.165, 1.54) is 6.08 Å². The lowest BCUT2D eigenvalue weighted by atomic mass is 9.87. The molecule has 1 aromatic heterocycles. The van der Waals surface area contributed by atoms with Gasteiger partial charge in [-0.15, -0.1) is 0 Å². The number of anilines is 1. The van der Waals surface area contributed by atoms with Gasteiger partial charge in [0.05, 0.1) is 0 Å². The minimum Gasteiger partial charge on any atom is -0.478 e. The first-order valence-electron chi connectivity index (χ1n) is 6.31. The van der Waals surface area contributed by atoms with Crippen molar-refractivity contribution < 1.29 is 9.90 Å². The Kier molecular flexibility index (Phi) is 4.70. The highest BCUT2D eigenvalue weighted by atomic mass is 16.4. The Morgan fingerprint density at radius 1 is 1.42 bits per heavy atom. The highest BCUT2D eigenvalue weighted by Crippen LogP contribution is 2.26. The number of carbonyl (C=O) groups is 1. The highest BCUT2D eigenvalue weighted by Gasteiger charge is 2.24. The van der Waals surface area contributed by atoms with Gasteiger partial charge in [-0.05, 0) is 36.1 Å². The van der Waals surface area contributed by atoms with Crippen molar-refractivity contribution in [2.24, 2.45) is 5.41 Å². The number of carboxylic acid groups (broad SMARTS) is 1. The molecule has 19 heavy (non-hydrogen) atoms. The molecule has 1 aromatic rings. The molecule has 0 saturated heterocycles. The lowest BCUT2D eigenvalue weighted by Gasteiger charge is -2.36. The summed E-state index contributed by atoms with van der Waals surface area (Å²) in [7, 11) is 2.02. The van der Waals surface area contributed by atoms with Crippen LogP contribution in [-0.4, -0.2) is 29.1 Å². The highest BCUT2D eigenvalue weighted by molar-refractivity contribution is 5.85. The van der Waals surface area contributed by atoms with Crippen molar-refractivity contribution in [3.8, 4) is 0 Å². The van der Waals surface area contributed by atoms with Crippen LogP contribution in [0.3, 0.4) is 0 Å². The molecule has 1 N–H and O–H groups in total. The largest absolute Gasteiger partial charge is 0.478 e. The molecule has 4 nitrogen and oxygen atoms in total. The summed E-state index contributed by atoms with van der Waals surface area (Å²) in [6.45, 7) is 8.74. The van der Waals surface area contributed by atoms with Crippen LogP contribution in [0, 0.1) is 5.41 Å². The fourth-order valence-electron chi connectivity index (χ4n) is 1.65. The van der Waals surface area contributed by atoms with E-state index in [0.29, 0.717) is 6.04 Å². The van der Waals surface area contributed by atoms with Crippen LogP contribution in [0.4, 0.5) is 5.82 Å². The van der Waals surface area contributed by atoms with Gasteiger partial charge in [0.2, 0.25) is 0 Å². The van der Waals surface area contributed by atoms with Crippen LogP contribution < -0.4 is 4.90 Å². The average Bonchev–Trinajstić information content (AvgIpc) is 2.34. The van der Waals surface area contributed by atoms with Gasteiger partial charge in [-0.25, -0.2) is 9.78 Å². The third-order valence-electron chi connectivity index (χ3n) is 3.38. The molecule has 1 atom stereocenters. The van der Waals surface area contributed by atoms with Crippen LogP contribution >= 0.6 is 0 Å². The summed E-state index contributed by atoms with van der Waals surface area (Å²) in [5.74, 6) is -0.0718. The van der Waals surface area contributed by atoms with Crippen LogP contribution in [0.25, 0.3) is 6.08 Å². The van der Waals surface area contributed by atoms with Gasteiger partial charge < -0.3 is 10.0 Å². The molecule has 1 unspecified atom stereocenters. The molecule has 0 aliphatic heterocycles. The summed E-state index contributed by atoms with van der Waals surface area (Å²) in [6.07, 6.45) is 4.32. The number of pyridine rings is 1. The molecule has 0 bridgehead atoms. The zero-order valence-electron chi connectivity index (χ0n) is 12.2. The fourth-order valence-corrected chi connectivity index (χ4v) is 1.65. The van der Waals surface area contributed by atoms with Crippen molar-refractivity contribution in [3.05, 3.63) is 30.0 Å². The molecule has 0 aliphatic carbocycles. The predicted octanol–water partition coefficient (Wildman–Crippen LogP) is 3.05. The molecule has 0 amide bonds. The molecule has 0 aromatic carbocycles. The standard InChI is InChI=1S/C15H22N2O2/c1-11(15(2,3)4)17(5)13-8-6-12(10-16-13)7-9-14(18)19/h6-11H,1-5H3,(H,18,19)/b9-7+. The van der Waals surface area contributed by atoms with Crippen molar-refractivity contribution in [3.63, 3.8) is 0 Å². The van der Waals surface area contributed by atoms with Gasteiger partial charge in [-0.3, -0.25) is 0 Å². The summed E-state index contributed by atoms with van der Waals surface area (Å²) < 4.78 is 0. The molecule has 104 valence electrons. The Morgan fingerprint density at radius 2 is 2.05 bits per heavy atom. The maximum Gasteiger partial charge on any atom is 0.328 e. The third kappa shape index (κ3) is 4.39. The van der Waals surface area contributed by atoms with Crippen molar-refractivity contribution in [1.82, 2.24) is 4.98 Å². The minimum atomic E-state index is -0.956. The van der Waals surface area contributed by atoms with Crippen LogP contribution in [0.2, 0.25) is 0 Å². The lowest BCUT2D eigenvalue weighted by molar-refractivity contribution is -0.131. The number of hydrogen-bond donors (Lipinski definition) is 1. The number of nitrogens with zero attached hydrogens (tertiary/aromatic N) is 2. The SMILES string of the molecule is CC(N(C)c1ccc(/C=C/C(=O)O)cn1)C(C)(C)C. The van der Waals surface area contributed by atoms with E-state index in [1.807, 2.05) is 19.2 Å². The molecular formula is C15H22N2O2. The van der Waals surface area contributed by atoms with E-state index in [4.69, 9.17) is 5.11 Å². The van der Waals surface area contributed by atoms with Crippen LogP contribution in [0.15, 0.2) is 24.4 Å². The van der Waals surface area contributed by atoms with E-state index in [0.717, 1.165) is 17.5 Å². The molecule has 0 saturated carbocycles. The second-order valence-electron chi connectivity index (χ2n) is 5.77. The van der Waals surface area contributed by atoms with Gasteiger partial charge in [0.25, 0.3) is 0 Å². The van der Waals surface area contributed by atoms with Crippen LogP contribution in [0.5, 0.6) is 0 Å². The van der Waals surface area contributed by atoms with Gasteiger partial charge >= 0.3 is 5.97 Å². The molecule has 0 spiro atoms. The maximum absolute atomic E-state index is 10.4. The van der Waals surface area contributed by atoms with E-state index in [1.54, 1.807) is 6.20 Å². The van der Waals surface area contributed by atoms with Gasteiger partial charge in [0.15, 0.2) is 0 Å². The second-order valence-corrected chi connectivity index (χ2v) is 5.77. The van der Waals surface area contributed by atoms with Crippen molar-refractivity contribution in [2.75, 3.05) is 11.9 Å². The summed E-state index contributed by atoms with van der Waals surface area (Å²) in [6, 6.07) is 4.12. The minimum absolute atomic E-state index is 0.165. The zero-order valence-corrected chi connectivity index (χ0v) is 12.2. The fraction of sp³-hybridized carbons (Fsp3) is 0.467. The number of aliphatic carboxylic acids is 1. The molecule has 0 radical (unpaired) electrons. The number of rotatable bonds is 4. The summed E-state index contributed by atoms with van der Waals surface area (Å²) in [5.41, 5.74) is 0.946. The average molecular weight is 262 g/mol. The van der Waals surface area contributed by atoms with Crippen LogP contribution in [0.1, 0.15) is 33.3 Å². The number of aromatic nitrogens is 1. The monoisotopic (exact) mass is 262 g/mol. The van der Waals surface area contributed by atoms with Crippen molar-refractivity contribution in [1.29, 1.82) is 0 Å². The van der Waals surface area contributed by atoms with Gasteiger partial charge in [-0.1, -0.05) is 20.8 Å². The summed E-state index contributed by atoms with van der Waals surface area (Å²) in [4.78, 5) is 16.9. The second kappa shape index (κ2) is 5.87. The molecule has 0 aliphatic rings. The maximum atomic E-state index is 10.4. The molecular weight excluding hydrogens is 240 g/mol. The zero-order chi connectivity index (χ0) is 14.6. The van der Waals surface area contributed by atoms with E-state index in [9.17, 15) is 4.79 Å². The first-order valence-corrected chi connectivity index (χ1v) is 6.31. The van der Waals surface area contributed by atoms with E-state index < -0.39 is 5.97 Å². The topological polar surface area (TPSA) is 53.4 Å². The normalized spacial score (nSPS) is 13.5. The Hall–Kier alpha value is -1.84. The Balaban J connectivity index is 2.84. The molecule has 1 heterocycles. The predicted molar refractivity (Wildman–Crippen MR) is 78.2 cm³/mol. The van der Waals surface area contributed by atoms with Gasteiger partial charge in [0.1, 0.15) is 5.82 Å². The molecule has 4 heteroatoms. The first-order chi connectivity index (χ1) is 8.71. The van der Waals surface area contributed by atoms with E-state index in [-0.39, 0.29) is 5.41 Å². The summed E-state index contributed by atoms with van der Waals surface area (Å²) in [5, 5.41) is 8.56. The lowest BCUT2D eigenvalue weighted by Crippen LogP contribution is -2.39. The number of carboxylic acids is 1. The molecule has 0 fully saturated rings. The van der Waals surface area contributed by atoms with Crippen molar-refractivity contribution in [2.45, 2.75) is 33.7 Å². The van der Waals surface area contributed by atoms with Crippen molar-refractivity contribution >= 4 is 17.9 Å². The Bertz CT molecular complexity index is 458. The van der Waals surface area contributed by atoms with E-state index in [2.05, 4.69) is 37.6 Å². The van der Waals surface area contributed by atoms with E-state index >= 15 is 0 Å².